The molecule has 2 fully saturated rings. The lowest BCUT2D eigenvalue weighted by atomic mass is 9.93. The lowest BCUT2D eigenvalue weighted by Crippen LogP contribution is -2.51. The average Bonchev–Trinajstić information content (AvgIpc) is 3.53. The number of rotatable bonds is 6. The first-order valence-electron chi connectivity index (χ1n) is 10.2. The van der Waals surface area contributed by atoms with Crippen molar-refractivity contribution < 1.29 is 9.18 Å². The maximum absolute atomic E-state index is 15.2. The van der Waals surface area contributed by atoms with E-state index in [1.807, 2.05) is 36.4 Å². The van der Waals surface area contributed by atoms with Crippen molar-refractivity contribution in [3.05, 3.63) is 71.8 Å². The van der Waals surface area contributed by atoms with Crippen LogP contribution in [0.5, 0.6) is 0 Å². The van der Waals surface area contributed by atoms with E-state index in [4.69, 9.17) is 0 Å². The van der Waals surface area contributed by atoms with E-state index in [1.54, 1.807) is 4.90 Å². The zero-order valence-electron chi connectivity index (χ0n) is 16.1. The maximum atomic E-state index is 15.2. The first kappa shape index (κ1) is 18.9. The van der Waals surface area contributed by atoms with Gasteiger partial charge in [-0.15, -0.1) is 0 Å². The highest BCUT2D eigenvalue weighted by molar-refractivity contribution is 5.74. The smallest absolute Gasteiger partial charge is 0.317 e. The van der Waals surface area contributed by atoms with Gasteiger partial charge in [0.1, 0.15) is 5.67 Å². The summed E-state index contributed by atoms with van der Waals surface area (Å²) in [6.45, 7) is 1.80. The molecule has 1 saturated carbocycles. The van der Waals surface area contributed by atoms with Crippen LogP contribution in [-0.4, -0.2) is 42.3 Å². The Morgan fingerprint density at radius 2 is 1.68 bits per heavy atom. The van der Waals surface area contributed by atoms with Gasteiger partial charge in [0.25, 0.3) is 0 Å². The molecule has 148 valence electrons. The van der Waals surface area contributed by atoms with Gasteiger partial charge >= 0.3 is 6.03 Å². The topological polar surface area (TPSA) is 44.4 Å². The Hall–Kier alpha value is -2.40. The third kappa shape index (κ3) is 4.71. The van der Waals surface area contributed by atoms with Gasteiger partial charge in [-0.3, -0.25) is 0 Å². The second kappa shape index (κ2) is 8.31. The molecule has 4 rings (SSSR count). The van der Waals surface area contributed by atoms with Crippen LogP contribution in [0.2, 0.25) is 0 Å². The predicted molar refractivity (Wildman–Crippen MR) is 109 cm³/mol. The number of carbonyl (C=O) groups is 1. The van der Waals surface area contributed by atoms with Crippen molar-refractivity contribution in [3.8, 4) is 0 Å². The molecular weight excluding hydrogens is 353 g/mol. The van der Waals surface area contributed by atoms with Crippen LogP contribution in [-0.2, 0) is 6.54 Å². The van der Waals surface area contributed by atoms with Gasteiger partial charge in [0.2, 0.25) is 0 Å². The van der Waals surface area contributed by atoms with Gasteiger partial charge in [-0.05, 0) is 17.5 Å². The minimum Gasteiger partial charge on any atom is -0.334 e. The summed E-state index contributed by atoms with van der Waals surface area (Å²) in [5, 5.41) is 6.34. The van der Waals surface area contributed by atoms with Crippen molar-refractivity contribution in [1.29, 1.82) is 0 Å². The molecule has 2 N–H and O–H groups in total. The molecule has 2 aromatic rings. The van der Waals surface area contributed by atoms with Gasteiger partial charge in [-0.25, -0.2) is 9.18 Å². The number of urea groups is 1. The fourth-order valence-corrected chi connectivity index (χ4v) is 3.98. The Bertz CT molecular complexity index is 775. The minimum absolute atomic E-state index is 0.106. The van der Waals surface area contributed by atoms with Gasteiger partial charge < -0.3 is 15.5 Å². The molecule has 2 aromatic carbocycles. The monoisotopic (exact) mass is 381 g/mol. The van der Waals surface area contributed by atoms with E-state index in [2.05, 4.69) is 34.9 Å². The zero-order valence-corrected chi connectivity index (χ0v) is 16.1. The first-order valence-corrected chi connectivity index (χ1v) is 10.2. The van der Waals surface area contributed by atoms with Crippen molar-refractivity contribution in [3.63, 3.8) is 0 Å². The summed E-state index contributed by atoms with van der Waals surface area (Å²) in [7, 11) is 0. The fraction of sp³-hybridized carbons (Fsp3) is 0.435. The van der Waals surface area contributed by atoms with Crippen LogP contribution in [0.25, 0.3) is 0 Å². The number of benzene rings is 2. The van der Waals surface area contributed by atoms with E-state index in [1.165, 1.54) is 5.56 Å². The van der Waals surface area contributed by atoms with Gasteiger partial charge in [-0.2, -0.15) is 0 Å². The molecule has 4 nitrogen and oxygen atoms in total. The normalized spacial score (nSPS) is 23.2. The quantitative estimate of drug-likeness (QED) is 0.798. The Kier molecular flexibility index (Phi) is 5.62. The number of amides is 2. The molecule has 1 heterocycles. The first-order chi connectivity index (χ1) is 13.6. The maximum Gasteiger partial charge on any atom is 0.317 e. The van der Waals surface area contributed by atoms with Crippen LogP contribution in [0.3, 0.4) is 0 Å². The Morgan fingerprint density at radius 1 is 1.04 bits per heavy atom. The lowest BCUT2D eigenvalue weighted by molar-refractivity contribution is 0.0701. The van der Waals surface area contributed by atoms with E-state index < -0.39 is 5.67 Å². The molecular formula is C23H28FN3O. The zero-order chi connectivity index (χ0) is 19.4. The fourth-order valence-electron chi connectivity index (χ4n) is 3.98. The molecule has 2 unspecified atom stereocenters. The highest BCUT2D eigenvalue weighted by atomic mass is 19.1. The van der Waals surface area contributed by atoms with Gasteiger partial charge in [0, 0.05) is 51.0 Å². The summed E-state index contributed by atoms with van der Waals surface area (Å²) in [5.74, 6) is 0.508. The van der Waals surface area contributed by atoms with Gasteiger partial charge in [-0.1, -0.05) is 60.7 Å². The lowest BCUT2D eigenvalue weighted by Gasteiger charge is -2.36. The van der Waals surface area contributed by atoms with Crippen LogP contribution < -0.4 is 10.6 Å². The molecule has 2 aliphatic rings. The number of nitrogens with one attached hydrogen (secondary N) is 2. The van der Waals surface area contributed by atoms with Crippen molar-refractivity contribution in [2.75, 3.05) is 19.6 Å². The molecule has 2 atom stereocenters. The number of likely N-dealkylation sites (tertiary alicyclic amines) is 1. The highest BCUT2D eigenvalue weighted by Gasteiger charge is 2.41. The van der Waals surface area contributed by atoms with E-state index >= 15 is 4.39 Å². The third-order valence-corrected chi connectivity index (χ3v) is 5.93. The van der Waals surface area contributed by atoms with E-state index in [9.17, 15) is 4.79 Å². The number of carbonyl (C=O) groups excluding carboxylic acids is 1. The Balaban J connectivity index is 1.18. The van der Waals surface area contributed by atoms with Crippen LogP contribution in [0.15, 0.2) is 60.7 Å². The second-order valence-electron chi connectivity index (χ2n) is 8.02. The Morgan fingerprint density at radius 3 is 2.36 bits per heavy atom. The molecule has 1 aliphatic heterocycles. The largest absolute Gasteiger partial charge is 0.334 e. The number of hydrogen-bond acceptors (Lipinski definition) is 2. The van der Waals surface area contributed by atoms with Crippen molar-refractivity contribution >= 4 is 6.03 Å². The number of piperidine rings is 1. The molecule has 1 saturated heterocycles. The van der Waals surface area contributed by atoms with Crippen LogP contribution in [0.1, 0.15) is 36.3 Å². The number of halogens is 1. The molecule has 0 aromatic heterocycles. The standard InChI is InChI=1S/C23H28FN3O/c24-23(17-26-21-15-20(21)19-9-5-2-6-10-19)11-13-27(14-12-23)22(28)25-16-18-7-3-1-4-8-18/h1-10,20-21,26H,11-17H2,(H,25,28). The summed E-state index contributed by atoms with van der Waals surface area (Å²) in [6, 6.07) is 20.5. The molecule has 0 radical (unpaired) electrons. The molecule has 2 amide bonds. The van der Waals surface area contributed by atoms with Crippen molar-refractivity contribution in [1.82, 2.24) is 15.5 Å². The van der Waals surface area contributed by atoms with E-state index in [0.29, 0.717) is 51.0 Å². The molecule has 0 bridgehead atoms. The number of nitrogens with zero attached hydrogens (tertiary/aromatic N) is 1. The molecule has 0 spiro atoms. The SMILES string of the molecule is O=C(NCc1ccccc1)N1CCC(F)(CNC2CC2c2ccccc2)CC1. The minimum atomic E-state index is -1.22. The van der Waals surface area contributed by atoms with Gasteiger partial charge in [0.05, 0.1) is 0 Å². The Labute approximate surface area is 166 Å². The van der Waals surface area contributed by atoms with Crippen LogP contribution in [0, 0.1) is 0 Å². The molecule has 1 aliphatic carbocycles. The summed E-state index contributed by atoms with van der Waals surface area (Å²) in [4.78, 5) is 14.1. The van der Waals surface area contributed by atoms with Crippen molar-refractivity contribution in [2.24, 2.45) is 0 Å². The summed E-state index contributed by atoms with van der Waals surface area (Å²) in [6.07, 6.45) is 1.86. The number of hydrogen-bond donors (Lipinski definition) is 2. The van der Waals surface area contributed by atoms with E-state index in [0.717, 1.165) is 12.0 Å². The second-order valence-corrected chi connectivity index (χ2v) is 8.02. The summed E-state index contributed by atoms with van der Waals surface area (Å²) < 4.78 is 15.2. The molecule has 28 heavy (non-hydrogen) atoms. The summed E-state index contributed by atoms with van der Waals surface area (Å²) in [5.41, 5.74) is 1.17. The predicted octanol–water partition coefficient (Wildman–Crippen LogP) is 3.85. The van der Waals surface area contributed by atoms with Gasteiger partial charge in [0.15, 0.2) is 0 Å². The average molecular weight is 381 g/mol. The summed E-state index contributed by atoms with van der Waals surface area (Å²) >= 11 is 0. The highest BCUT2D eigenvalue weighted by Crippen LogP contribution is 2.41. The van der Waals surface area contributed by atoms with Crippen LogP contribution >= 0.6 is 0 Å². The molecule has 5 heteroatoms. The van der Waals surface area contributed by atoms with Crippen LogP contribution in [0.4, 0.5) is 9.18 Å². The van der Waals surface area contributed by atoms with Crippen molar-refractivity contribution in [2.45, 2.75) is 43.4 Å². The third-order valence-electron chi connectivity index (χ3n) is 5.93. The van der Waals surface area contributed by atoms with E-state index in [-0.39, 0.29) is 6.03 Å². The number of alkyl halides is 1.